The summed E-state index contributed by atoms with van der Waals surface area (Å²) in [5.41, 5.74) is 6.68. The zero-order valence-electron chi connectivity index (χ0n) is 10.2. The highest BCUT2D eigenvalue weighted by Crippen LogP contribution is 2.15. The van der Waals surface area contributed by atoms with Crippen molar-refractivity contribution in [3.8, 4) is 0 Å². The first kappa shape index (κ1) is 12.0. The number of anilines is 1. The van der Waals surface area contributed by atoms with Crippen molar-refractivity contribution in [1.29, 1.82) is 0 Å². The molecule has 1 atom stereocenters. The van der Waals surface area contributed by atoms with Crippen molar-refractivity contribution in [2.45, 2.75) is 25.8 Å². The van der Waals surface area contributed by atoms with Gasteiger partial charge < -0.3 is 16.0 Å². The van der Waals surface area contributed by atoms with Gasteiger partial charge in [0.15, 0.2) is 0 Å². The molecule has 1 aliphatic heterocycles. The van der Waals surface area contributed by atoms with Gasteiger partial charge in [-0.25, -0.2) is 0 Å². The molecule has 0 bridgehead atoms. The number of aromatic amines is 1. The quantitative estimate of drug-likeness (QED) is 0.724. The van der Waals surface area contributed by atoms with Gasteiger partial charge in [-0.05, 0) is 32.0 Å². The average Bonchev–Trinajstić information content (AvgIpc) is 2.94. The zero-order chi connectivity index (χ0) is 12.3. The molecule has 0 saturated carbocycles. The molecule has 1 saturated heterocycles. The van der Waals surface area contributed by atoms with E-state index in [9.17, 15) is 4.79 Å². The second-order valence-corrected chi connectivity index (χ2v) is 4.48. The number of carbonyl (C=O) groups is 1. The lowest BCUT2D eigenvalue weighted by molar-refractivity contribution is 0.0937. The Hall–Kier alpha value is -1.49. The molecule has 4 N–H and O–H groups in total. The van der Waals surface area contributed by atoms with Crippen molar-refractivity contribution >= 4 is 11.6 Å². The highest BCUT2D eigenvalue weighted by atomic mass is 16.1. The fourth-order valence-corrected chi connectivity index (χ4v) is 2.39. The molecule has 5 heteroatoms. The van der Waals surface area contributed by atoms with Crippen LogP contribution in [-0.4, -0.2) is 41.5 Å². The molecule has 2 rings (SSSR count). The van der Waals surface area contributed by atoms with E-state index in [0.29, 0.717) is 24.0 Å². The number of carbonyl (C=O) groups excluding carboxylic acids is 1. The Kier molecular flexibility index (Phi) is 3.68. The van der Waals surface area contributed by atoms with Gasteiger partial charge in [0.1, 0.15) is 5.69 Å². The van der Waals surface area contributed by atoms with E-state index in [4.69, 9.17) is 5.73 Å². The topological polar surface area (TPSA) is 74.2 Å². The van der Waals surface area contributed by atoms with Gasteiger partial charge in [-0.3, -0.25) is 9.69 Å². The summed E-state index contributed by atoms with van der Waals surface area (Å²) in [7, 11) is 0. The molecule has 0 spiro atoms. The number of nitrogens with one attached hydrogen (secondary N) is 2. The number of nitrogens with two attached hydrogens (primary N) is 1. The summed E-state index contributed by atoms with van der Waals surface area (Å²) in [5, 5.41) is 2.95. The maximum Gasteiger partial charge on any atom is 0.267 e. The summed E-state index contributed by atoms with van der Waals surface area (Å²) in [6, 6.07) is 2.14. The number of likely N-dealkylation sites (tertiary alicyclic amines) is 1. The number of hydrogen-bond donors (Lipinski definition) is 3. The Morgan fingerprint density at radius 3 is 3.18 bits per heavy atom. The molecule has 1 aliphatic rings. The maximum atomic E-state index is 11.8. The zero-order valence-corrected chi connectivity index (χ0v) is 10.2. The van der Waals surface area contributed by atoms with E-state index in [1.807, 2.05) is 0 Å². The van der Waals surface area contributed by atoms with Crippen molar-refractivity contribution in [3.63, 3.8) is 0 Å². The number of amides is 1. The van der Waals surface area contributed by atoms with E-state index in [1.54, 1.807) is 12.3 Å². The van der Waals surface area contributed by atoms with Gasteiger partial charge >= 0.3 is 0 Å². The van der Waals surface area contributed by atoms with Crippen molar-refractivity contribution in [2.24, 2.45) is 0 Å². The minimum Gasteiger partial charge on any atom is -0.397 e. The number of likely N-dealkylation sites (N-methyl/N-ethyl adjacent to an activating group) is 1. The SMILES string of the molecule is CCN1CCCC1CNC(=O)c1cc(N)c[nH]1. The number of nitrogen functional groups attached to an aromatic ring is 1. The van der Waals surface area contributed by atoms with Crippen LogP contribution in [0.1, 0.15) is 30.3 Å². The van der Waals surface area contributed by atoms with Crippen LogP contribution in [-0.2, 0) is 0 Å². The second kappa shape index (κ2) is 5.23. The monoisotopic (exact) mass is 236 g/mol. The Morgan fingerprint density at radius 2 is 2.53 bits per heavy atom. The Balaban J connectivity index is 1.84. The maximum absolute atomic E-state index is 11.8. The Morgan fingerprint density at radius 1 is 1.71 bits per heavy atom. The van der Waals surface area contributed by atoms with Gasteiger partial charge in [-0.15, -0.1) is 0 Å². The van der Waals surface area contributed by atoms with Crippen LogP contribution in [0, 0.1) is 0 Å². The van der Waals surface area contributed by atoms with Gasteiger partial charge in [0.2, 0.25) is 0 Å². The lowest BCUT2D eigenvalue weighted by Gasteiger charge is -2.22. The number of rotatable bonds is 4. The molecule has 94 valence electrons. The Labute approximate surface area is 101 Å². The van der Waals surface area contributed by atoms with Crippen LogP contribution in [0.25, 0.3) is 0 Å². The van der Waals surface area contributed by atoms with Gasteiger partial charge in [0.25, 0.3) is 5.91 Å². The standard InChI is InChI=1S/C12H20N4O/c1-2-16-5-3-4-10(16)8-15-12(17)11-6-9(13)7-14-11/h6-7,10,14H,2-5,8,13H2,1H3,(H,15,17). The summed E-state index contributed by atoms with van der Waals surface area (Å²) in [6.45, 7) is 5.07. The normalized spacial score (nSPS) is 20.6. The molecular weight excluding hydrogens is 216 g/mol. The fourth-order valence-electron chi connectivity index (χ4n) is 2.39. The number of H-pyrrole nitrogens is 1. The molecule has 2 heterocycles. The van der Waals surface area contributed by atoms with Gasteiger partial charge in [-0.1, -0.05) is 6.92 Å². The van der Waals surface area contributed by atoms with Crippen molar-refractivity contribution < 1.29 is 4.79 Å². The van der Waals surface area contributed by atoms with Crippen LogP contribution >= 0.6 is 0 Å². The van der Waals surface area contributed by atoms with Crippen LogP contribution in [0.3, 0.4) is 0 Å². The van der Waals surface area contributed by atoms with Gasteiger partial charge in [0, 0.05) is 24.5 Å². The third-order valence-electron chi connectivity index (χ3n) is 3.35. The molecule has 17 heavy (non-hydrogen) atoms. The molecule has 1 aromatic heterocycles. The van der Waals surface area contributed by atoms with E-state index >= 15 is 0 Å². The van der Waals surface area contributed by atoms with Crippen molar-refractivity contribution in [3.05, 3.63) is 18.0 Å². The van der Waals surface area contributed by atoms with Gasteiger partial charge in [-0.2, -0.15) is 0 Å². The predicted octanol–water partition coefficient (Wildman–Crippen LogP) is 0.811. The van der Waals surface area contributed by atoms with Gasteiger partial charge in [0.05, 0.1) is 0 Å². The molecule has 0 aliphatic carbocycles. The third-order valence-corrected chi connectivity index (χ3v) is 3.35. The van der Waals surface area contributed by atoms with Crippen LogP contribution in [0.5, 0.6) is 0 Å². The lowest BCUT2D eigenvalue weighted by atomic mass is 10.2. The summed E-state index contributed by atoms with van der Waals surface area (Å²) in [4.78, 5) is 17.1. The van der Waals surface area contributed by atoms with Crippen LogP contribution < -0.4 is 11.1 Å². The molecule has 5 nitrogen and oxygen atoms in total. The first-order valence-electron chi connectivity index (χ1n) is 6.17. The van der Waals surface area contributed by atoms with E-state index in [0.717, 1.165) is 13.1 Å². The minimum atomic E-state index is -0.0790. The fraction of sp³-hybridized carbons (Fsp3) is 0.583. The largest absolute Gasteiger partial charge is 0.397 e. The van der Waals surface area contributed by atoms with E-state index in [1.165, 1.54) is 12.8 Å². The Bertz CT molecular complexity index is 388. The van der Waals surface area contributed by atoms with E-state index in [2.05, 4.69) is 22.1 Å². The molecular formula is C12H20N4O. The predicted molar refractivity (Wildman–Crippen MR) is 67.8 cm³/mol. The summed E-state index contributed by atoms with van der Waals surface area (Å²) in [6.07, 6.45) is 4.02. The highest BCUT2D eigenvalue weighted by molar-refractivity contribution is 5.93. The molecule has 1 aromatic rings. The molecule has 1 amide bonds. The van der Waals surface area contributed by atoms with E-state index < -0.39 is 0 Å². The number of hydrogen-bond acceptors (Lipinski definition) is 3. The first-order chi connectivity index (χ1) is 8.20. The summed E-state index contributed by atoms with van der Waals surface area (Å²) < 4.78 is 0. The van der Waals surface area contributed by atoms with Crippen LogP contribution in [0.2, 0.25) is 0 Å². The van der Waals surface area contributed by atoms with E-state index in [-0.39, 0.29) is 5.91 Å². The summed E-state index contributed by atoms with van der Waals surface area (Å²) >= 11 is 0. The molecule has 0 radical (unpaired) electrons. The molecule has 0 aromatic carbocycles. The van der Waals surface area contributed by atoms with Crippen molar-refractivity contribution in [2.75, 3.05) is 25.4 Å². The smallest absolute Gasteiger partial charge is 0.267 e. The third kappa shape index (κ3) is 2.79. The van der Waals surface area contributed by atoms with Crippen LogP contribution in [0.4, 0.5) is 5.69 Å². The number of aromatic nitrogens is 1. The van der Waals surface area contributed by atoms with Crippen LogP contribution in [0.15, 0.2) is 12.3 Å². The second-order valence-electron chi connectivity index (χ2n) is 4.48. The van der Waals surface area contributed by atoms with Crippen molar-refractivity contribution in [1.82, 2.24) is 15.2 Å². The summed E-state index contributed by atoms with van der Waals surface area (Å²) in [5.74, 6) is -0.0790. The molecule has 1 fully saturated rings. The average molecular weight is 236 g/mol. The minimum absolute atomic E-state index is 0.0790. The number of nitrogens with zero attached hydrogens (tertiary/aromatic N) is 1. The first-order valence-corrected chi connectivity index (χ1v) is 6.17. The lowest BCUT2D eigenvalue weighted by Crippen LogP contribution is -2.40. The molecule has 1 unspecified atom stereocenters. The highest BCUT2D eigenvalue weighted by Gasteiger charge is 2.23.